The second kappa shape index (κ2) is 29.1. The van der Waals surface area contributed by atoms with Gasteiger partial charge in [0.25, 0.3) is 7.82 Å². The minimum atomic E-state index is -4.56. The van der Waals surface area contributed by atoms with Gasteiger partial charge in [-0.1, -0.05) is 119 Å². The van der Waals surface area contributed by atoms with E-state index in [2.05, 4.69) is 79.9 Å². The van der Waals surface area contributed by atoms with Crippen LogP contribution in [0.5, 0.6) is 0 Å². The molecule has 0 saturated heterocycles. The number of carbonyl (C=O) groups is 1. The smallest absolute Gasteiger partial charge is 0.268 e. The molecule has 46 heavy (non-hydrogen) atoms. The van der Waals surface area contributed by atoms with Crippen LogP contribution in [-0.2, 0) is 18.4 Å². The molecule has 0 saturated carbocycles. The summed E-state index contributed by atoms with van der Waals surface area (Å²) in [4.78, 5) is 24.9. The molecule has 0 bridgehead atoms. The number of rotatable bonds is 29. The van der Waals surface area contributed by atoms with Crippen LogP contribution >= 0.6 is 7.82 Å². The minimum Gasteiger partial charge on any atom is -0.756 e. The lowest BCUT2D eigenvalue weighted by Crippen LogP contribution is -2.46. The highest BCUT2D eigenvalue weighted by Gasteiger charge is 2.24. The van der Waals surface area contributed by atoms with E-state index in [1.807, 2.05) is 33.3 Å². The molecule has 8 nitrogen and oxygen atoms in total. The van der Waals surface area contributed by atoms with Gasteiger partial charge in [0.15, 0.2) is 0 Å². The Morgan fingerprint density at radius 1 is 0.783 bits per heavy atom. The van der Waals surface area contributed by atoms with Crippen molar-refractivity contribution in [3.63, 3.8) is 0 Å². The van der Waals surface area contributed by atoms with Gasteiger partial charge < -0.3 is 28.8 Å². The van der Waals surface area contributed by atoms with Crippen LogP contribution in [0.4, 0.5) is 0 Å². The molecular formula is C37H65N2O6P. The molecular weight excluding hydrogens is 599 g/mol. The molecule has 0 heterocycles. The summed E-state index contributed by atoms with van der Waals surface area (Å²) in [7, 11) is 1.23. The van der Waals surface area contributed by atoms with Gasteiger partial charge in [-0.05, 0) is 51.4 Å². The molecule has 0 rings (SSSR count). The van der Waals surface area contributed by atoms with Gasteiger partial charge in [0, 0.05) is 6.42 Å². The molecule has 0 aliphatic carbocycles. The summed E-state index contributed by atoms with van der Waals surface area (Å²) in [6.45, 7) is 4.40. The molecule has 0 aliphatic rings. The Hall–Kier alpha value is -2.06. The number of allylic oxidation sites excluding steroid dienone is 12. The largest absolute Gasteiger partial charge is 0.756 e. The molecule has 0 aliphatic heterocycles. The van der Waals surface area contributed by atoms with Crippen molar-refractivity contribution < 1.29 is 32.9 Å². The van der Waals surface area contributed by atoms with E-state index in [0.29, 0.717) is 23.9 Å². The van der Waals surface area contributed by atoms with E-state index >= 15 is 0 Å². The Balaban J connectivity index is 4.49. The lowest BCUT2D eigenvalue weighted by Gasteiger charge is -2.30. The van der Waals surface area contributed by atoms with Gasteiger partial charge in [-0.15, -0.1) is 0 Å². The average molecular weight is 665 g/mol. The molecule has 1 amide bonds. The van der Waals surface area contributed by atoms with E-state index in [9.17, 15) is 19.4 Å². The third-order valence-electron chi connectivity index (χ3n) is 6.97. The lowest BCUT2D eigenvalue weighted by atomic mass is 10.0. The quantitative estimate of drug-likeness (QED) is 0.0365. The van der Waals surface area contributed by atoms with Crippen molar-refractivity contribution in [1.82, 2.24) is 5.32 Å². The number of amides is 1. The third kappa shape index (κ3) is 30.6. The van der Waals surface area contributed by atoms with Gasteiger partial charge in [0.05, 0.1) is 39.9 Å². The van der Waals surface area contributed by atoms with Gasteiger partial charge in [0.1, 0.15) is 13.2 Å². The Morgan fingerprint density at radius 3 is 1.78 bits per heavy atom. The number of nitrogens with one attached hydrogen (secondary N) is 1. The second-order valence-electron chi connectivity index (χ2n) is 12.5. The third-order valence-corrected chi connectivity index (χ3v) is 7.94. The number of phosphoric ester groups is 1. The maximum atomic E-state index is 12.6. The summed E-state index contributed by atoms with van der Waals surface area (Å²) in [5.41, 5.74) is 0. The number of hydrogen-bond acceptors (Lipinski definition) is 6. The Bertz CT molecular complexity index is 981. The topological polar surface area (TPSA) is 108 Å². The zero-order chi connectivity index (χ0) is 34.4. The first kappa shape index (κ1) is 43.9. The van der Waals surface area contributed by atoms with Crippen molar-refractivity contribution in [1.29, 1.82) is 0 Å². The predicted octanol–water partition coefficient (Wildman–Crippen LogP) is 7.88. The first-order chi connectivity index (χ1) is 22.0. The maximum absolute atomic E-state index is 12.6. The molecule has 3 unspecified atom stereocenters. The molecule has 264 valence electrons. The number of carbonyl (C=O) groups excluding carboxylic acids is 1. The van der Waals surface area contributed by atoms with Crippen molar-refractivity contribution in [2.24, 2.45) is 0 Å². The summed E-state index contributed by atoms with van der Waals surface area (Å²) in [6, 6.07) is -0.840. The van der Waals surface area contributed by atoms with E-state index in [1.54, 1.807) is 0 Å². The molecule has 0 fully saturated rings. The molecule has 9 heteroatoms. The zero-order valence-electron chi connectivity index (χ0n) is 29.5. The summed E-state index contributed by atoms with van der Waals surface area (Å²) >= 11 is 0. The average Bonchev–Trinajstić information content (AvgIpc) is 2.99. The van der Waals surface area contributed by atoms with E-state index in [1.165, 1.54) is 0 Å². The maximum Gasteiger partial charge on any atom is 0.268 e. The Labute approximate surface area is 281 Å². The second-order valence-corrected chi connectivity index (χ2v) is 13.9. The first-order valence-corrected chi connectivity index (χ1v) is 18.7. The van der Waals surface area contributed by atoms with Gasteiger partial charge in [-0.3, -0.25) is 9.36 Å². The fourth-order valence-electron chi connectivity index (χ4n) is 4.18. The normalized spacial score (nSPS) is 15.7. The number of aliphatic hydroxyl groups excluding tert-OH is 1. The van der Waals surface area contributed by atoms with E-state index in [-0.39, 0.29) is 25.5 Å². The van der Waals surface area contributed by atoms with Gasteiger partial charge in [-0.25, -0.2) is 0 Å². The van der Waals surface area contributed by atoms with E-state index in [4.69, 9.17) is 9.05 Å². The number of aliphatic hydroxyl groups is 1. The van der Waals surface area contributed by atoms with Gasteiger partial charge in [-0.2, -0.15) is 0 Å². The highest BCUT2D eigenvalue weighted by molar-refractivity contribution is 7.45. The van der Waals surface area contributed by atoms with Crippen LogP contribution < -0.4 is 10.2 Å². The first-order valence-electron chi connectivity index (χ1n) is 17.3. The molecule has 2 N–H and O–H groups in total. The van der Waals surface area contributed by atoms with Crippen LogP contribution in [0, 0.1) is 0 Å². The molecule has 0 radical (unpaired) electrons. The van der Waals surface area contributed by atoms with Crippen molar-refractivity contribution in [2.75, 3.05) is 40.9 Å². The number of phosphoric acid groups is 1. The zero-order valence-corrected chi connectivity index (χ0v) is 30.4. The Morgan fingerprint density at radius 2 is 1.28 bits per heavy atom. The number of unbranched alkanes of at least 4 members (excludes halogenated alkanes) is 4. The fourth-order valence-corrected chi connectivity index (χ4v) is 4.90. The minimum absolute atomic E-state index is 0.00670. The highest BCUT2D eigenvalue weighted by Crippen LogP contribution is 2.38. The molecule has 0 spiro atoms. The summed E-state index contributed by atoms with van der Waals surface area (Å²) in [5, 5.41) is 13.5. The predicted molar refractivity (Wildman–Crippen MR) is 191 cm³/mol. The van der Waals surface area contributed by atoms with Crippen molar-refractivity contribution in [3.05, 3.63) is 72.9 Å². The van der Waals surface area contributed by atoms with Crippen LogP contribution in [0.2, 0.25) is 0 Å². The number of nitrogens with zero attached hydrogens (tertiary/aromatic N) is 1. The van der Waals surface area contributed by atoms with E-state index < -0.39 is 20.0 Å². The van der Waals surface area contributed by atoms with Crippen molar-refractivity contribution >= 4 is 13.7 Å². The van der Waals surface area contributed by atoms with Crippen LogP contribution in [0.25, 0.3) is 0 Å². The standard InChI is InChI=1S/C37H65N2O6P/c1-6-8-10-12-13-14-15-16-17-18-19-20-21-22-23-24-25-27-29-31-37(41)38-35(36(40)30-28-26-11-9-7-2)34-45-46(42,43)44-33-32-39(3,4)5/h8,10,13-14,16-17,19-20,22-23,25,27,35-36,40H,6-7,9,11-12,15,18,21,24,26,28-34H2,1-5H3,(H-,38,41,42,43)/b10-8-,14-13-,17-16-,20-19-,23-22-,27-25-. The number of quaternary nitrogens is 1. The SMILES string of the molecule is CC/C=C\C/C=C\C/C=C\C/C=C\C/C=C\C/C=C\CCC(=O)NC(COP(=O)([O-])OCC[N+](C)(C)C)C(O)CCCCCCC. The van der Waals surface area contributed by atoms with Gasteiger partial charge >= 0.3 is 0 Å². The highest BCUT2D eigenvalue weighted by atomic mass is 31.2. The number of hydrogen-bond donors (Lipinski definition) is 2. The fraction of sp³-hybridized carbons (Fsp3) is 0.649. The van der Waals surface area contributed by atoms with Crippen LogP contribution in [0.1, 0.15) is 104 Å². The van der Waals surface area contributed by atoms with Gasteiger partial charge in [0.2, 0.25) is 5.91 Å². The molecule has 0 aromatic heterocycles. The summed E-state index contributed by atoms with van der Waals surface area (Å²) in [5.74, 6) is -0.259. The molecule has 0 aromatic rings. The van der Waals surface area contributed by atoms with Crippen LogP contribution in [0.15, 0.2) is 72.9 Å². The van der Waals surface area contributed by atoms with Crippen LogP contribution in [0.3, 0.4) is 0 Å². The molecule has 0 aromatic carbocycles. The lowest BCUT2D eigenvalue weighted by molar-refractivity contribution is -0.870. The number of likely N-dealkylation sites (N-methyl/N-ethyl adjacent to an activating group) is 1. The Kier molecular flexibility index (Phi) is 27.8. The monoisotopic (exact) mass is 664 g/mol. The van der Waals surface area contributed by atoms with Crippen molar-refractivity contribution in [2.45, 2.75) is 116 Å². The molecule has 3 atom stereocenters. The van der Waals surface area contributed by atoms with E-state index in [0.717, 1.165) is 70.6 Å². The summed E-state index contributed by atoms with van der Waals surface area (Å²) in [6.07, 6.45) is 36.8. The van der Waals surface area contributed by atoms with Crippen LogP contribution in [-0.4, -0.2) is 68.5 Å². The summed E-state index contributed by atoms with van der Waals surface area (Å²) < 4.78 is 22.9. The van der Waals surface area contributed by atoms with Crippen molar-refractivity contribution in [3.8, 4) is 0 Å².